The maximum atomic E-state index is 10.6. The SMILES string of the molecule is Cc1ccc(CNCC(O)c2ccc([N+](=O)[O-])cc2)cc1. The molecule has 0 bridgehead atoms. The number of nitrogens with one attached hydrogen (secondary N) is 1. The Kier molecular flexibility index (Phi) is 5.03. The number of rotatable bonds is 6. The molecule has 0 spiro atoms. The molecule has 5 heteroatoms. The fraction of sp³-hybridized carbons (Fsp3) is 0.250. The van der Waals surface area contributed by atoms with Crippen molar-refractivity contribution >= 4 is 5.69 Å². The van der Waals surface area contributed by atoms with Gasteiger partial charge in [0.05, 0.1) is 11.0 Å². The maximum Gasteiger partial charge on any atom is 0.269 e. The number of hydrogen-bond acceptors (Lipinski definition) is 4. The first kappa shape index (κ1) is 15.2. The first-order valence-corrected chi connectivity index (χ1v) is 6.75. The van der Waals surface area contributed by atoms with E-state index >= 15 is 0 Å². The van der Waals surface area contributed by atoms with E-state index in [2.05, 4.69) is 5.32 Å². The van der Waals surface area contributed by atoms with Crippen LogP contribution in [0.5, 0.6) is 0 Å². The van der Waals surface area contributed by atoms with E-state index in [-0.39, 0.29) is 5.69 Å². The highest BCUT2D eigenvalue weighted by atomic mass is 16.6. The molecule has 2 aromatic carbocycles. The van der Waals surface area contributed by atoms with Crippen LogP contribution in [0.4, 0.5) is 5.69 Å². The number of nitrogens with zero attached hydrogens (tertiary/aromatic N) is 1. The molecule has 2 N–H and O–H groups in total. The second-order valence-corrected chi connectivity index (χ2v) is 4.98. The lowest BCUT2D eigenvalue weighted by Crippen LogP contribution is -2.21. The number of aryl methyl sites for hydroxylation is 1. The zero-order chi connectivity index (χ0) is 15.2. The Balaban J connectivity index is 1.85. The van der Waals surface area contributed by atoms with Gasteiger partial charge >= 0.3 is 0 Å². The molecule has 0 fully saturated rings. The molecule has 1 atom stereocenters. The third-order valence-electron chi connectivity index (χ3n) is 3.28. The molecular weight excluding hydrogens is 268 g/mol. The summed E-state index contributed by atoms with van der Waals surface area (Å²) in [6.07, 6.45) is -0.684. The Morgan fingerprint density at radius 1 is 1.14 bits per heavy atom. The molecule has 2 aromatic rings. The zero-order valence-corrected chi connectivity index (χ0v) is 11.8. The maximum absolute atomic E-state index is 10.6. The number of aliphatic hydroxyl groups is 1. The van der Waals surface area contributed by atoms with E-state index < -0.39 is 11.0 Å². The Morgan fingerprint density at radius 3 is 2.33 bits per heavy atom. The Morgan fingerprint density at radius 2 is 1.76 bits per heavy atom. The zero-order valence-electron chi connectivity index (χ0n) is 11.8. The molecule has 0 aliphatic rings. The molecule has 5 nitrogen and oxygen atoms in total. The van der Waals surface area contributed by atoms with E-state index in [1.165, 1.54) is 17.7 Å². The predicted octanol–water partition coefficient (Wildman–Crippen LogP) is 2.73. The molecule has 0 aliphatic carbocycles. The smallest absolute Gasteiger partial charge is 0.269 e. The van der Waals surface area contributed by atoms with E-state index in [4.69, 9.17) is 0 Å². The Labute approximate surface area is 123 Å². The van der Waals surface area contributed by atoms with Crippen molar-refractivity contribution in [2.24, 2.45) is 0 Å². The summed E-state index contributed by atoms with van der Waals surface area (Å²) in [5.74, 6) is 0. The summed E-state index contributed by atoms with van der Waals surface area (Å²) in [7, 11) is 0. The summed E-state index contributed by atoms with van der Waals surface area (Å²) in [6, 6.07) is 14.1. The van der Waals surface area contributed by atoms with Crippen LogP contribution in [0.2, 0.25) is 0 Å². The van der Waals surface area contributed by atoms with Crippen LogP contribution in [0.15, 0.2) is 48.5 Å². The van der Waals surface area contributed by atoms with Crippen molar-refractivity contribution in [3.05, 3.63) is 75.3 Å². The van der Waals surface area contributed by atoms with Crippen molar-refractivity contribution in [1.29, 1.82) is 0 Å². The molecule has 0 saturated heterocycles. The van der Waals surface area contributed by atoms with Gasteiger partial charge in [0.25, 0.3) is 5.69 Å². The van der Waals surface area contributed by atoms with Gasteiger partial charge in [-0.1, -0.05) is 29.8 Å². The first-order chi connectivity index (χ1) is 10.1. The van der Waals surface area contributed by atoms with Crippen molar-refractivity contribution < 1.29 is 10.0 Å². The molecule has 0 radical (unpaired) electrons. The van der Waals surface area contributed by atoms with Crippen LogP contribution in [0.25, 0.3) is 0 Å². The van der Waals surface area contributed by atoms with Gasteiger partial charge in [-0.2, -0.15) is 0 Å². The highest BCUT2D eigenvalue weighted by Gasteiger charge is 2.10. The topological polar surface area (TPSA) is 75.4 Å². The number of nitro groups is 1. The molecule has 0 heterocycles. The molecule has 0 aromatic heterocycles. The van der Waals surface area contributed by atoms with E-state index in [1.807, 2.05) is 31.2 Å². The molecule has 1 unspecified atom stereocenters. The van der Waals surface area contributed by atoms with Crippen LogP contribution in [0, 0.1) is 17.0 Å². The summed E-state index contributed by atoms with van der Waals surface area (Å²) in [5, 5.41) is 23.8. The van der Waals surface area contributed by atoms with E-state index in [1.54, 1.807) is 12.1 Å². The molecule has 21 heavy (non-hydrogen) atoms. The molecule has 2 rings (SSSR count). The van der Waals surface area contributed by atoms with Gasteiger partial charge < -0.3 is 10.4 Å². The van der Waals surface area contributed by atoms with Crippen molar-refractivity contribution in [3.8, 4) is 0 Å². The highest BCUT2D eigenvalue weighted by molar-refractivity contribution is 5.33. The summed E-state index contributed by atoms with van der Waals surface area (Å²) in [6.45, 7) is 3.10. The lowest BCUT2D eigenvalue weighted by molar-refractivity contribution is -0.384. The quantitative estimate of drug-likeness (QED) is 0.632. The largest absolute Gasteiger partial charge is 0.387 e. The van der Waals surface area contributed by atoms with Crippen LogP contribution < -0.4 is 5.32 Å². The number of nitro benzene ring substituents is 1. The number of aliphatic hydroxyl groups excluding tert-OH is 1. The average molecular weight is 286 g/mol. The number of benzene rings is 2. The summed E-state index contributed by atoms with van der Waals surface area (Å²) in [5.41, 5.74) is 3.05. The van der Waals surface area contributed by atoms with Crippen LogP contribution >= 0.6 is 0 Å². The van der Waals surface area contributed by atoms with E-state index in [0.29, 0.717) is 18.7 Å². The highest BCUT2D eigenvalue weighted by Crippen LogP contribution is 2.17. The Hall–Kier alpha value is -2.24. The minimum Gasteiger partial charge on any atom is -0.387 e. The van der Waals surface area contributed by atoms with Crippen LogP contribution in [0.1, 0.15) is 22.8 Å². The third-order valence-corrected chi connectivity index (χ3v) is 3.28. The van der Waals surface area contributed by atoms with Gasteiger partial charge in [-0.05, 0) is 30.2 Å². The lowest BCUT2D eigenvalue weighted by atomic mass is 10.1. The number of non-ortho nitro benzene ring substituents is 1. The first-order valence-electron chi connectivity index (χ1n) is 6.75. The van der Waals surface area contributed by atoms with E-state index in [9.17, 15) is 15.2 Å². The summed E-state index contributed by atoms with van der Waals surface area (Å²) < 4.78 is 0. The minimum atomic E-state index is -0.684. The van der Waals surface area contributed by atoms with Crippen LogP contribution in [-0.4, -0.2) is 16.6 Å². The van der Waals surface area contributed by atoms with Gasteiger partial charge in [0.1, 0.15) is 0 Å². The van der Waals surface area contributed by atoms with E-state index in [0.717, 1.165) is 5.56 Å². The predicted molar refractivity (Wildman–Crippen MR) is 80.9 cm³/mol. The normalized spacial score (nSPS) is 12.1. The number of hydrogen-bond donors (Lipinski definition) is 2. The standard InChI is InChI=1S/C16H18N2O3/c1-12-2-4-13(5-3-12)10-17-11-16(19)14-6-8-15(9-7-14)18(20)21/h2-9,16-17,19H,10-11H2,1H3. The van der Waals surface area contributed by atoms with Gasteiger partial charge in [-0.25, -0.2) is 0 Å². The van der Waals surface area contributed by atoms with Crippen molar-refractivity contribution in [2.75, 3.05) is 6.54 Å². The van der Waals surface area contributed by atoms with Gasteiger partial charge in [0.2, 0.25) is 0 Å². The summed E-state index contributed by atoms with van der Waals surface area (Å²) >= 11 is 0. The Bertz CT molecular complexity index is 594. The van der Waals surface area contributed by atoms with Gasteiger partial charge in [-0.15, -0.1) is 0 Å². The van der Waals surface area contributed by atoms with Crippen LogP contribution in [-0.2, 0) is 6.54 Å². The molecular formula is C16H18N2O3. The van der Waals surface area contributed by atoms with Crippen molar-refractivity contribution in [1.82, 2.24) is 5.32 Å². The molecule has 0 saturated carbocycles. The average Bonchev–Trinajstić information content (AvgIpc) is 2.49. The lowest BCUT2D eigenvalue weighted by Gasteiger charge is -2.12. The van der Waals surface area contributed by atoms with Crippen molar-refractivity contribution in [3.63, 3.8) is 0 Å². The van der Waals surface area contributed by atoms with Gasteiger partial charge in [-0.3, -0.25) is 10.1 Å². The molecule has 110 valence electrons. The summed E-state index contributed by atoms with van der Waals surface area (Å²) in [4.78, 5) is 10.1. The minimum absolute atomic E-state index is 0.0264. The molecule has 0 aliphatic heterocycles. The second kappa shape index (κ2) is 6.97. The second-order valence-electron chi connectivity index (χ2n) is 4.98. The fourth-order valence-electron chi connectivity index (χ4n) is 2.00. The fourth-order valence-corrected chi connectivity index (χ4v) is 2.00. The van der Waals surface area contributed by atoms with Gasteiger partial charge in [0, 0.05) is 25.2 Å². The van der Waals surface area contributed by atoms with Crippen molar-refractivity contribution in [2.45, 2.75) is 19.6 Å². The monoisotopic (exact) mass is 286 g/mol. The third kappa shape index (κ3) is 4.37. The van der Waals surface area contributed by atoms with Crippen LogP contribution in [0.3, 0.4) is 0 Å². The molecule has 0 amide bonds. The van der Waals surface area contributed by atoms with Gasteiger partial charge in [0.15, 0.2) is 0 Å².